The molecule has 1 saturated heterocycles. The van der Waals surface area contributed by atoms with Crippen LogP contribution in [0.15, 0.2) is 48.7 Å². The molecule has 2 aromatic rings. The molecule has 2 aliphatic heterocycles. The average Bonchev–Trinajstić information content (AvgIpc) is 3.42. The molecule has 20 nitrogen and oxygen atoms in total. The molecule has 12 atom stereocenters. The molecular formula is C43H49NO19. The number of ether oxygens (including phenoxy) is 9. The van der Waals surface area contributed by atoms with E-state index in [1.807, 2.05) is 0 Å². The third-order valence-corrected chi connectivity index (χ3v) is 12.2. The smallest absolute Gasteiger partial charge is 0.340 e. The van der Waals surface area contributed by atoms with E-state index in [2.05, 4.69) is 4.98 Å². The van der Waals surface area contributed by atoms with Crippen LogP contribution in [0, 0.1) is 11.3 Å². The lowest BCUT2D eigenvalue weighted by atomic mass is 9.45. The number of benzene rings is 1. The number of aromatic nitrogens is 1. The van der Waals surface area contributed by atoms with E-state index < -0.39 is 138 Å². The maximum absolute atomic E-state index is 14.5. The molecule has 2 aliphatic carbocycles. The summed E-state index contributed by atoms with van der Waals surface area (Å²) in [6.45, 7) is 6.37. The molecule has 2 saturated carbocycles. The zero-order chi connectivity index (χ0) is 46.4. The Bertz CT molecular complexity index is 2190. The lowest BCUT2D eigenvalue weighted by Crippen LogP contribution is -2.89. The van der Waals surface area contributed by atoms with Crippen LogP contribution in [-0.2, 0) is 77.8 Å². The van der Waals surface area contributed by atoms with Gasteiger partial charge in [-0.15, -0.1) is 0 Å². The van der Waals surface area contributed by atoms with Gasteiger partial charge in [-0.2, -0.15) is 0 Å². The van der Waals surface area contributed by atoms with Crippen LogP contribution in [0.2, 0.25) is 0 Å². The van der Waals surface area contributed by atoms with Gasteiger partial charge < -0.3 is 52.8 Å². The molecule has 4 bridgehead atoms. The van der Waals surface area contributed by atoms with Crippen molar-refractivity contribution < 1.29 is 91.2 Å². The number of carbonyl (C=O) groups is 8. The minimum atomic E-state index is -2.98. The Hall–Kier alpha value is -5.99. The average molecular weight is 884 g/mol. The SMILES string of the molecule is CC(=O)OC[C@]12[C@H](OC(C)=O)[C@H](OC(C)=O)[C@H]3[C@@H](OC(C)=O)[C@@]14O[C@]3(C)COC(=O)c1cccnc1CC[C@](C)(O)C(=O)O[C@@H]([C@H](OC(=O)c1ccccc1)[C@@H]2OC(C)=O)[C@@]4(C)O. The molecule has 2 N–H and O–H groups in total. The molecule has 340 valence electrons. The van der Waals surface area contributed by atoms with Crippen LogP contribution in [-0.4, -0.2) is 135 Å². The van der Waals surface area contributed by atoms with Crippen LogP contribution in [0.4, 0.5) is 0 Å². The van der Waals surface area contributed by atoms with E-state index in [1.54, 1.807) is 6.07 Å². The summed E-state index contributed by atoms with van der Waals surface area (Å²) in [5.74, 6) is -10.5. The summed E-state index contributed by atoms with van der Waals surface area (Å²) in [5.41, 5.74) is -13.3. The Balaban J connectivity index is 1.79. The summed E-state index contributed by atoms with van der Waals surface area (Å²) in [5, 5.41) is 25.4. The normalized spacial score (nSPS) is 35.8. The van der Waals surface area contributed by atoms with Crippen LogP contribution in [0.3, 0.4) is 0 Å². The summed E-state index contributed by atoms with van der Waals surface area (Å²) in [6.07, 6.45) is -12.0. The van der Waals surface area contributed by atoms with Gasteiger partial charge >= 0.3 is 47.8 Å². The Kier molecular flexibility index (Phi) is 12.5. The van der Waals surface area contributed by atoms with E-state index in [-0.39, 0.29) is 23.2 Å². The van der Waals surface area contributed by atoms with Gasteiger partial charge in [-0.25, -0.2) is 14.4 Å². The molecular weight excluding hydrogens is 834 g/mol. The first-order valence-corrected chi connectivity index (χ1v) is 20.0. The van der Waals surface area contributed by atoms with Gasteiger partial charge in [-0.3, -0.25) is 29.0 Å². The predicted molar refractivity (Wildman–Crippen MR) is 207 cm³/mol. The van der Waals surface area contributed by atoms with E-state index in [1.165, 1.54) is 49.5 Å². The molecule has 0 unspecified atom stereocenters. The number of hydrogen-bond acceptors (Lipinski definition) is 20. The molecule has 1 aromatic heterocycles. The van der Waals surface area contributed by atoms with Crippen LogP contribution < -0.4 is 0 Å². The zero-order valence-corrected chi connectivity index (χ0v) is 35.8. The van der Waals surface area contributed by atoms with Crippen molar-refractivity contribution in [2.24, 2.45) is 11.3 Å². The van der Waals surface area contributed by atoms with Gasteiger partial charge in [0, 0.05) is 40.8 Å². The maximum Gasteiger partial charge on any atom is 0.340 e. The molecule has 1 spiro atoms. The molecule has 3 fully saturated rings. The fourth-order valence-corrected chi connectivity index (χ4v) is 9.73. The molecule has 6 rings (SSSR count). The van der Waals surface area contributed by atoms with Crippen molar-refractivity contribution in [2.45, 2.75) is 127 Å². The van der Waals surface area contributed by atoms with E-state index >= 15 is 0 Å². The molecule has 63 heavy (non-hydrogen) atoms. The first kappa shape index (κ1) is 46.5. The van der Waals surface area contributed by atoms with Gasteiger partial charge in [0.05, 0.1) is 22.7 Å². The van der Waals surface area contributed by atoms with Gasteiger partial charge in [0.15, 0.2) is 35.6 Å². The van der Waals surface area contributed by atoms with Crippen molar-refractivity contribution in [2.75, 3.05) is 13.2 Å². The second kappa shape index (κ2) is 16.9. The Morgan fingerprint density at radius 1 is 0.746 bits per heavy atom. The second-order valence-corrected chi connectivity index (χ2v) is 16.7. The van der Waals surface area contributed by atoms with Crippen LogP contribution >= 0.6 is 0 Å². The zero-order valence-electron chi connectivity index (χ0n) is 35.8. The number of cyclic esters (lactones) is 1. The highest BCUT2D eigenvalue weighted by Crippen LogP contribution is 2.70. The Morgan fingerprint density at radius 2 is 1.33 bits per heavy atom. The highest BCUT2D eigenvalue weighted by atomic mass is 16.7. The number of rotatable bonds is 8. The third kappa shape index (κ3) is 7.99. The van der Waals surface area contributed by atoms with Crippen molar-refractivity contribution in [3.8, 4) is 0 Å². The monoisotopic (exact) mass is 883 g/mol. The maximum atomic E-state index is 14.5. The first-order chi connectivity index (χ1) is 29.4. The molecule has 20 heteroatoms. The summed E-state index contributed by atoms with van der Waals surface area (Å²) in [4.78, 5) is 113. The van der Waals surface area contributed by atoms with Crippen molar-refractivity contribution >= 4 is 47.8 Å². The highest BCUT2D eigenvalue weighted by molar-refractivity contribution is 5.91. The van der Waals surface area contributed by atoms with Gasteiger partial charge in [0.2, 0.25) is 0 Å². The fourth-order valence-electron chi connectivity index (χ4n) is 9.73. The van der Waals surface area contributed by atoms with E-state index in [0.717, 1.165) is 48.5 Å². The number of fused-ring (bicyclic) bond motifs is 5. The minimum absolute atomic E-state index is 0.0847. The number of esters is 8. The number of aliphatic hydroxyl groups is 2. The molecule has 1 aromatic carbocycles. The lowest BCUT2D eigenvalue weighted by molar-refractivity contribution is -0.386. The third-order valence-electron chi connectivity index (χ3n) is 12.2. The standard InChI is InChI=1S/C43H49NO19/c1-21(45)55-20-42-34(59-24(4)48)30(57-22(2)46)29-32(58-23(3)47)43(42)41(8,54)33(31(35(42)60-25(5)49)61-36(50)26-13-10-9-11-14-26)62-38(52)39(6,53)17-16-28-27(15-12-18-44-28)37(51)56-19-40(29,7)63-43/h9-15,18,29-35,53-54H,16-17,19-20H2,1-8H3/t29-,30+,31-,32+,33-,34+,35-,39-,40+,41+,42+,43-/m0/s1. The largest absolute Gasteiger partial charge is 0.465 e. The lowest BCUT2D eigenvalue weighted by Gasteiger charge is -2.67. The molecule has 0 amide bonds. The number of pyridine rings is 1. The number of nitrogens with zero attached hydrogens (tertiary/aromatic N) is 1. The first-order valence-electron chi connectivity index (χ1n) is 20.0. The van der Waals surface area contributed by atoms with Crippen molar-refractivity contribution in [1.29, 1.82) is 0 Å². The van der Waals surface area contributed by atoms with Gasteiger partial charge in [0.25, 0.3) is 0 Å². The van der Waals surface area contributed by atoms with E-state index in [4.69, 9.17) is 42.6 Å². The number of hydrogen-bond donors (Lipinski definition) is 2. The van der Waals surface area contributed by atoms with E-state index in [0.29, 0.717) is 0 Å². The summed E-state index contributed by atoms with van der Waals surface area (Å²) in [7, 11) is 0. The molecule has 0 radical (unpaired) electrons. The molecule has 4 aliphatic rings. The quantitative estimate of drug-likeness (QED) is 0.279. The minimum Gasteiger partial charge on any atom is -0.465 e. The number of aryl methyl sites for hydroxylation is 1. The Labute approximate surface area is 360 Å². The summed E-state index contributed by atoms with van der Waals surface area (Å²) >= 11 is 0. The van der Waals surface area contributed by atoms with Crippen molar-refractivity contribution in [1.82, 2.24) is 4.98 Å². The molecule has 3 heterocycles. The van der Waals surface area contributed by atoms with Crippen LogP contribution in [0.1, 0.15) is 88.2 Å². The van der Waals surface area contributed by atoms with Crippen molar-refractivity contribution in [3.63, 3.8) is 0 Å². The number of carbonyl (C=O) groups excluding carboxylic acids is 8. The highest BCUT2D eigenvalue weighted by Gasteiger charge is 2.92. The second-order valence-electron chi connectivity index (χ2n) is 16.7. The van der Waals surface area contributed by atoms with Crippen molar-refractivity contribution in [3.05, 3.63) is 65.5 Å². The van der Waals surface area contributed by atoms with Gasteiger partial charge in [-0.05, 0) is 57.9 Å². The topological polar surface area (TPSA) is 273 Å². The van der Waals surface area contributed by atoms with Crippen LogP contribution in [0.5, 0.6) is 0 Å². The van der Waals surface area contributed by atoms with Gasteiger partial charge in [-0.1, -0.05) is 18.2 Å². The summed E-state index contributed by atoms with van der Waals surface area (Å²) < 4.78 is 54.9. The summed E-state index contributed by atoms with van der Waals surface area (Å²) in [6, 6.07) is 10.1. The van der Waals surface area contributed by atoms with Crippen LogP contribution in [0.25, 0.3) is 0 Å². The van der Waals surface area contributed by atoms with E-state index in [9.17, 15) is 48.6 Å². The fraction of sp³-hybridized carbons (Fsp3) is 0.558. The Morgan fingerprint density at radius 3 is 1.92 bits per heavy atom. The van der Waals surface area contributed by atoms with Gasteiger partial charge in [0.1, 0.15) is 42.0 Å². The predicted octanol–water partition coefficient (Wildman–Crippen LogP) is 1.27.